The highest BCUT2D eigenvalue weighted by Gasteiger charge is 2.30. The van der Waals surface area contributed by atoms with Crippen molar-refractivity contribution in [1.82, 2.24) is 9.55 Å². The van der Waals surface area contributed by atoms with Crippen LogP contribution in [0.4, 0.5) is 5.82 Å². The number of hydrogen-bond donors (Lipinski definition) is 1. The maximum atomic E-state index is 12.9. The van der Waals surface area contributed by atoms with E-state index in [1.807, 2.05) is 4.57 Å². The van der Waals surface area contributed by atoms with E-state index in [9.17, 15) is 14.4 Å². The van der Waals surface area contributed by atoms with Crippen molar-refractivity contribution in [2.24, 2.45) is 0 Å². The SMILES string of the molecule is CCOC(=O)c1cn(C2CC2)c2c(C=O)c(N3CCCC3)ncc2c1=O.CO. The van der Waals surface area contributed by atoms with E-state index >= 15 is 0 Å². The summed E-state index contributed by atoms with van der Waals surface area (Å²) in [5, 5.41) is 7.30. The minimum Gasteiger partial charge on any atom is -0.462 e. The predicted molar refractivity (Wildman–Crippen MR) is 105 cm³/mol. The topological polar surface area (TPSA) is 102 Å². The molecule has 0 radical (unpaired) electrons. The second-order valence-electron chi connectivity index (χ2n) is 6.80. The molecular formula is C20H25N3O5. The summed E-state index contributed by atoms with van der Waals surface area (Å²) >= 11 is 0. The van der Waals surface area contributed by atoms with Crippen LogP contribution in [0, 0.1) is 0 Å². The van der Waals surface area contributed by atoms with Crippen molar-refractivity contribution in [2.75, 3.05) is 31.7 Å². The zero-order chi connectivity index (χ0) is 20.3. The average Bonchev–Trinajstić information content (AvgIpc) is 3.42. The van der Waals surface area contributed by atoms with E-state index in [2.05, 4.69) is 9.88 Å². The molecule has 150 valence electrons. The molecule has 1 aliphatic carbocycles. The first-order valence-electron chi connectivity index (χ1n) is 9.55. The summed E-state index contributed by atoms with van der Waals surface area (Å²) in [6, 6.07) is 0.193. The van der Waals surface area contributed by atoms with Gasteiger partial charge in [-0.15, -0.1) is 0 Å². The quantitative estimate of drug-likeness (QED) is 0.618. The lowest BCUT2D eigenvalue weighted by atomic mass is 10.1. The third-order valence-corrected chi connectivity index (χ3v) is 5.04. The molecule has 2 fully saturated rings. The number of pyridine rings is 2. The Morgan fingerprint density at radius 3 is 2.57 bits per heavy atom. The number of anilines is 1. The Morgan fingerprint density at radius 2 is 2.00 bits per heavy atom. The Hall–Kier alpha value is -2.74. The third-order valence-electron chi connectivity index (χ3n) is 5.04. The van der Waals surface area contributed by atoms with Gasteiger partial charge >= 0.3 is 5.97 Å². The first kappa shape index (κ1) is 20.0. The number of fused-ring (bicyclic) bond motifs is 1. The molecule has 8 nitrogen and oxygen atoms in total. The van der Waals surface area contributed by atoms with Gasteiger partial charge in [-0.3, -0.25) is 9.59 Å². The Labute approximate surface area is 162 Å². The monoisotopic (exact) mass is 387 g/mol. The number of esters is 1. The maximum Gasteiger partial charge on any atom is 0.343 e. The lowest BCUT2D eigenvalue weighted by molar-refractivity contribution is 0.0524. The summed E-state index contributed by atoms with van der Waals surface area (Å²) in [7, 11) is 1.00. The molecule has 4 rings (SSSR count). The largest absolute Gasteiger partial charge is 0.462 e. The smallest absolute Gasteiger partial charge is 0.343 e. The molecule has 0 bridgehead atoms. The molecular weight excluding hydrogens is 362 g/mol. The second-order valence-corrected chi connectivity index (χ2v) is 6.80. The van der Waals surface area contributed by atoms with E-state index < -0.39 is 11.4 Å². The number of aliphatic hydroxyl groups is 1. The van der Waals surface area contributed by atoms with E-state index in [1.54, 1.807) is 13.1 Å². The fraction of sp³-hybridized carbons (Fsp3) is 0.500. The number of carbonyl (C=O) groups is 2. The standard InChI is InChI=1S/C19H21N3O4.CH4O/c1-2-26-19(25)14-10-22(12-5-6-12)16-13(17(14)24)9-20-18(15(16)11-23)21-7-3-4-8-21;1-2/h9-12H,2-8H2,1H3;2H,1H3. The first-order chi connectivity index (χ1) is 13.7. The van der Waals surface area contributed by atoms with Crippen LogP contribution in [0.2, 0.25) is 0 Å². The Bertz CT molecular complexity index is 943. The van der Waals surface area contributed by atoms with Gasteiger partial charge in [0.1, 0.15) is 11.4 Å². The van der Waals surface area contributed by atoms with E-state index in [0.29, 0.717) is 22.3 Å². The number of rotatable bonds is 5. The fourth-order valence-electron chi connectivity index (χ4n) is 3.64. The van der Waals surface area contributed by atoms with Gasteiger partial charge in [-0.05, 0) is 32.6 Å². The van der Waals surface area contributed by atoms with Gasteiger partial charge in [0.25, 0.3) is 0 Å². The van der Waals surface area contributed by atoms with Crippen molar-refractivity contribution >= 4 is 29.0 Å². The van der Waals surface area contributed by atoms with Crippen LogP contribution in [0.25, 0.3) is 10.9 Å². The lowest BCUT2D eigenvalue weighted by Gasteiger charge is -2.21. The predicted octanol–water partition coefficient (Wildman–Crippen LogP) is 1.93. The second kappa shape index (κ2) is 8.52. The van der Waals surface area contributed by atoms with Gasteiger partial charge in [0.2, 0.25) is 5.43 Å². The van der Waals surface area contributed by atoms with Crippen molar-refractivity contribution in [3.8, 4) is 0 Å². The third kappa shape index (κ3) is 3.52. The molecule has 0 aromatic carbocycles. The molecule has 1 saturated heterocycles. The summed E-state index contributed by atoms with van der Waals surface area (Å²) in [5.74, 6) is -0.00671. The fourth-order valence-corrected chi connectivity index (χ4v) is 3.64. The molecule has 2 aromatic rings. The minimum absolute atomic E-state index is 0.00109. The molecule has 8 heteroatoms. The highest BCUT2D eigenvalue weighted by molar-refractivity contribution is 6.02. The number of ether oxygens (including phenoxy) is 1. The molecule has 1 aliphatic heterocycles. The summed E-state index contributed by atoms with van der Waals surface area (Å²) in [6.45, 7) is 3.61. The van der Waals surface area contributed by atoms with E-state index in [-0.39, 0.29) is 18.2 Å². The molecule has 1 saturated carbocycles. The maximum absolute atomic E-state index is 12.9. The molecule has 0 amide bonds. The molecule has 0 atom stereocenters. The number of aldehydes is 1. The number of aliphatic hydroxyl groups excluding tert-OH is 1. The van der Waals surface area contributed by atoms with Crippen molar-refractivity contribution in [3.63, 3.8) is 0 Å². The molecule has 0 unspecified atom stereocenters. The Balaban J connectivity index is 0.00000109. The zero-order valence-corrected chi connectivity index (χ0v) is 16.2. The van der Waals surface area contributed by atoms with Crippen LogP contribution >= 0.6 is 0 Å². The molecule has 2 aliphatic rings. The van der Waals surface area contributed by atoms with Crippen LogP contribution in [-0.2, 0) is 4.74 Å². The Morgan fingerprint density at radius 1 is 1.32 bits per heavy atom. The number of hydrogen-bond acceptors (Lipinski definition) is 7. The number of nitrogens with zero attached hydrogens (tertiary/aromatic N) is 3. The summed E-state index contributed by atoms with van der Waals surface area (Å²) in [4.78, 5) is 43.5. The average molecular weight is 387 g/mol. The summed E-state index contributed by atoms with van der Waals surface area (Å²) in [6.07, 6.45) is 7.89. The van der Waals surface area contributed by atoms with Crippen LogP contribution in [0.15, 0.2) is 17.2 Å². The van der Waals surface area contributed by atoms with Crippen LogP contribution in [0.3, 0.4) is 0 Å². The van der Waals surface area contributed by atoms with E-state index in [4.69, 9.17) is 9.84 Å². The summed E-state index contributed by atoms with van der Waals surface area (Å²) in [5.41, 5.74) is 0.582. The van der Waals surface area contributed by atoms with Gasteiger partial charge < -0.3 is 19.3 Å². The summed E-state index contributed by atoms with van der Waals surface area (Å²) < 4.78 is 6.92. The molecule has 3 heterocycles. The van der Waals surface area contributed by atoms with Gasteiger partial charge in [-0.25, -0.2) is 9.78 Å². The van der Waals surface area contributed by atoms with Crippen molar-refractivity contribution < 1.29 is 19.4 Å². The Kier molecular flexibility index (Phi) is 6.08. The normalized spacial score (nSPS) is 15.9. The van der Waals surface area contributed by atoms with E-state index in [0.717, 1.165) is 52.2 Å². The highest BCUT2D eigenvalue weighted by atomic mass is 16.5. The number of aromatic nitrogens is 2. The molecule has 2 aromatic heterocycles. The van der Waals surface area contributed by atoms with E-state index in [1.165, 1.54) is 6.20 Å². The van der Waals surface area contributed by atoms with Crippen LogP contribution in [0.1, 0.15) is 59.4 Å². The van der Waals surface area contributed by atoms with Crippen LogP contribution in [-0.4, -0.2) is 53.7 Å². The lowest BCUT2D eigenvalue weighted by Crippen LogP contribution is -2.24. The van der Waals surface area contributed by atoms with Crippen molar-refractivity contribution in [3.05, 3.63) is 33.7 Å². The highest BCUT2D eigenvalue weighted by Crippen LogP contribution is 2.38. The minimum atomic E-state index is -0.634. The molecule has 28 heavy (non-hydrogen) atoms. The van der Waals surface area contributed by atoms with Gasteiger partial charge in [0, 0.05) is 38.6 Å². The first-order valence-corrected chi connectivity index (χ1v) is 9.55. The van der Waals surface area contributed by atoms with Gasteiger partial charge in [-0.2, -0.15) is 0 Å². The van der Waals surface area contributed by atoms with Crippen LogP contribution < -0.4 is 10.3 Å². The molecule has 1 N–H and O–H groups in total. The van der Waals surface area contributed by atoms with Crippen LogP contribution in [0.5, 0.6) is 0 Å². The van der Waals surface area contributed by atoms with Gasteiger partial charge in [0.15, 0.2) is 6.29 Å². The van der Waals surface area contributed by atoms with Gasteiger partial charge in [0.05, 0.1) is 23.1 Å². The van der Waals surface area contributed by atoms with Gasteiger partial charge in [-0.1, -0.05) is 0 Å². The molecule has 0 spiro atoms. The van der Waals surface area contributed by atoms with Crippen molar-refractivity contribution in [2.45, 2.75) is 38.6 Å². The van der Waals surface area contributed by atoms with Crippen molar-refractivity contribution in [1.29, 1.82) is 0 Å². The number of carbonyl (C=O) groups excluding carboxylic acids is 2. The zero-order valence-electron chi connectivity index (χ0n) is 16.2.